The maximum Gasteiger partial charge on any atom is 0.194 e. The van der Waals surface area contributed by atoms with Crippen molar-refractivity contribution < 1.29 is 14.3 Å². The van der Waals surface area contributed by atoms with E-state index in [1.807, 2.05) is 72.8 Å². The third-order valence-corrected chi connectivity index (χ3v) is 8.40. The topological polar surface area (TPSA) is 47.6 Å². The first-order chi connectivity index (χ1) is 21.0. The second kappa shape index (κ2) is 13.0. The maximum atomic E-state index is 14.3. The number of ketones is 1. The molecule has 6 heteroatoms. The van der Waals surface area contributed by atoms with Crippen molar-refractivity contribution in [2.24, 2.45) is 0 Å². The minimum absolute atomic E-state index is 0.143. The number of rotatable bonds is 10. The van der Waals surface area contributed by atoms with Gasteiger partial charge in [0, 0.05) is 20.7 Å². The summed E-state index contributed by atoms with van der Waals surface area (Å²) in [5.41, 5.74) is 3.31. The van der Waals surface area contributed by atoms with Crippen molar-refractivity contribution in [1.82, 2.24) is 0 Å². The summed E-state index contributed by atoms with van der Waals surface area (Å²) >= 11 is 9.73. The molecule has 43 heavy (non-hydrogen) atoms. The van der Waals surface area contributed by atoms with Gasteiger partial charge in [-0.1, -0.05) is 88.2 Å². The fourth-order valence-electron chi connectivity index (χ4n) is 5.41. The average Bonchev–Trinajstić information content (AvgIpc) is 3.04. The van der Waals surface area contributed by atoms with Crippen LogP contribution in [0.2, 0.25) is 5.02 Å². The van der Waals surface area contributed by atoms with Crippen LogP contribution in [0.5, 0.6) is 5.75 Å². The third kappa shape index (κ3) is 6.45. The number of carbonyl (C=O) groups is 1. The molecule has 0 radical (unpaired) electrons. The fraction of sp³-hybridized carbons (Fsp3) is 0.108. The number of nitrogens with one attached hydrogen (secondary N) is 1. The lowest BCUT2D eigenvalue weighted by Gasteiger charge is -2.29. The normalized spacial score (nSPS) is 12.6. The molecule has 0 saturated heterocycles. The fourth-order valence-corrected chi connectivity index (χ4v) is 5.80. The van der Waals surface area contributed by atoms with E-state index in [2.05, 4.69) is 51.6 Å². The molecule has 2 atom stereocenters. The molecule has 6 rings (SSSR count). The van der Waals surface area contributed by atoms with Crippen molar-refractivity contribution in [3.8, 4) is 5.75 Å². The molecular weight excluding hydrogens is 622 g/mol. The third-order valence-electron chi connectivity index (χ3n) is 7.62. The largest absolute Gasteiger partial charge is 0.497 e. The van der Waals surface area contributed by atoms with Crippen LogP contribution < -0.4 is 10.1 Å². The number of hydrogen-bond donors (Lipinski definition) is 1. The van der Waals surface area contributed by atoms with Gasteiger partial charge in [0.1, 0.15) is 11.9 Å². The van der Waals surface area contributed by atoms with E-state index in [1.54, 1.807) is 31.4 Å². The molecule has 0 bridgehead atoms. The van der Waals surface area contributed by atoms with Crippen LogP contribution in [0, 0.1) is 0 Å². The Balaban J connectivity index is 1.45. The molecule has 1 N–H and O–H groups in total. The minimum atomic E-state index is -0.873. The van der Waals surface area contributed by atoms with Crippen LogP contribution in [0.3, 0.4) is 0 Å². The predicted octanol–water partition coefficient (Wildman–Crippen LogP) is 10.0. The summed E-state index contributed by atoms with van der Waals surface area (Å²) in [6.07, 6.45) is -0.873. The first kappa shape index (κ1) is 28.9. The summed E-state index contributed by atoms with van der Waals surface area (Å²) in [4.78, 5) is 14.3. The highest BCUT2D eigenvalue weighted by molar-refractivity contribution is 9.10. The van der Waals surface area contributed by atoms with Crippen molar-refractivity contribution in [1.29, 1.82) is 0 Å². The lowest BCUT2D eigenvalue weighted by atomic mass is 9.93. The van der Waals surface area contributed by atoms with Gasteiger partial charge in [-0.2, -0.15) is 0 Å². The van der Waals surface area contributed by atoms with E-state index in [4.69, 9.17) is 21.1 Å². The Morgan fingerprint density at radius 3 is 2.00 bits per heavy atom. The highest BCUT2D eigenvalue weighted by Crippen LogP contribution is 2.33. The Hall–Kier alpha value is -4.16. The zero-order chi connectivity index (χ0) is 29.8. The van der Waals surface area contributed by atoms with Crippen molar-refractivity contribution in [3.05, 3.63) is 154 Å². The SMILES string of the molecule is COc1ccc(N[C@H](c2ccc(Br)cc2)[C@H](OCc2c3ccccc3cc3ccccc23)C(=O)c2ccc(Cl)cc2)cc1. The van der Waals surface area contributed by atoms with Gasteiger partial charge >= 0.3 is 0 Å². The summed E-state index contributed by atoms with van der Waals surface area (Å²) < 4.78 is 13.1. The van der Waals surface area contributed by atoms with Gasteiger partial charge in [0.15, 0.2) is 5.78 Å². The number of benzene rings is 6. The summed E-state index contributed by atoms with van der Waals surface area (Å²) in [5, 5.41) is 8.61. The number of Topliss-reactive ketones (excluding diaryl/α,β-unsaturated/α-hetero) is 1. The van der Waals surface area contributed by atoms with Crippen LogP contribution in [0.15, 0.2) is 132 Å². The highest BCUT2D eigenvalue weighted by Gasteiger charge is 2.32. The van der Waals surface area contributed by atoms with Crippen molar-refractivity contribution in [2.75, 3.05) is 12.4 Å². The predicted molar refractivity (Wildman–Crippen MR) is 179 cm³/mol. The van der Waals surface area contributed by atoms with Gasteiger partial charge in [-0.05, 0) is 99.4 Å². The smallest absolute Gasteiger partial charge is 0.194 e. The Bertz CT molecular complexity index is 1820. The van der Waals surface area contributed by atoms with E-state index in [0.29, 0.717) is 10.6 Å². The molecule has 0 heterocycles. The van der Waals surface area contributed by atoms with Crippen LogP contribution >= 0.6 is 27.5 Å². The summed E-state index contributed by atoms with van der Waals surface area (Å²) in [6.45, 7) is 0.239. The summed E-state index contributed by atoms with van der Waals surface area (Å²) in [5.74, 6) is 0.605. The van der Waals surface area contributed by atoms with E-state index < -0.39 is 12.1 Å². The number of anilines is 1. The molecule has 6 aromatic carbocycles. The van der Waals surface area contributed by atoms with Gasteiger partial charge in [-0.15, -0.1) is 0 Å². The number of ether oxygens (including phenoxy) is 2. The lowest BCUT2D eigenvalue weighted by Crippen LogP contribution is -2.35. The van der Waals surface area contributed by atoms with E-state index >= 15 is 0 Å². The summed E-state index contributed by atoms with van der Waals surface area (Å²) in [6, 6.07) is 40.8. The van der Waals surface area contributed by atoms with Crippen molar-refractivity contribution in [2.45, 2.75) is 18.8 Å². The molecule has 0 aromatic heterocycles. The van der Waals surface area contributed by atoms with Crippen LogP contribution in [0.25, 0.3) is 21.5 Å². The molecule has 0 fully saturated rings. The zero-order valence-electron chi connectivity index (χ0n) is 23.5. The molecule has 4 nitrogen and oxygen atoms in total. The van der Waals surface area contributed by atoms with Gasteiger partial charge in [-0.25, -0.2) is 0 Å². The van der Waals surface area contributed by atoms with Gasteiger partial charge in [0.2, 0.25) is 0 Å². The molecule has 214 valence electrons. The van der Waals surface area contributed by atoms with Gasteiger partial charge < -0.3 is 14.8 Å². The number of methoxy groups -OCH3 is 1. The minimum Gasteiger partial charge on any atom is -0.497 e. The van der Waals surface area contributed by atoms with Crippen LogP contribution in [0.4, 0.5) is 5.69 Å². The van der Waals surface area contributed by atoms with Crippen molar-refractivity contribution in [3.63, 3.8) is 0 Å². The summed E-state index contributed by atoms with van der Waals surface area (Å²) in [7, 11) is 1.64. The van der Waals surface area contributed by atoms with Crippen LogP contribution in [-0.4, -0.2) is 19.0 Å². The highest BCUT2D eigenvalue weighted by atomic mass is 79.9. The monoisotopic (exact) mass is 649 g/mol. The van der Waals surface area contributed by atoms with E-state index in [-0.39, 0.29) is 12.4 Å². The molecule has 0 unspecified atom stereocenters. The Morgan fingerprint density at radius 1 is 0.791 bits per heavy atom. The molecule has 0 aliphatic rings. The molecule has 0 amide bonds. The Kier molecular flexibility index (Phi) is 8.75. The molecule has 0 spiro atoms. The van der Waals surface area contributed by atoms with Gasteiger partial charge in [0.25, 0.3) is 0 Å². The quantitative estimate of drug-likeness (QED) is 0.118. The number of halogens is 2. The first-order valence-corrected chi connectivity index (χ1v) is 15.1. The average molecular weight is 651 g/mol. The number of hydrogen-bond acceptors (Lipinski definition) is 4. The van der Waals surface area contributed by atoms with Gasteiger partial charge in [0.05, 0.1) is 19.8 Å². The van der Waals surface area contributed by atoms with E-state index in [9.17, 15) is 4.79 Å². The maximum absolute atomic E-state index is 14.3. The van der Waals surface area contributed by atoms with E-state index in [0.717, 1.165) is 48.6 Å². The number of carbonyl (C=O) groups excluding carboxylic acids is 1. The van der Waals surface area contributed by atoms with Crippen LogP contribution in [-0.2, 0) is 11.3 Å². The molecule has 0 aliphatic heterocycles. The standard InChI is InChI=1S/C37H29BrClNO3/c1-42-31-20-18-30(19-21-31)40-35(24-10-14-28(38)15-11-24)37(36(41)25-12-16-29(39)17-13-25)43-23-34-32-8-4-2-6-26(32)22-27-7-3-5-9-33(27)34/h2-22,35,37,40H,23H2,1H3/t35-,37+/m1/s1. The zero-order valence-corrected chi connectivity index (χ0v) is 25.8. The molecular formula is C37H29BrClNO3. The van der Waals surface area contributed by atoms with Crippen LogP contribution in [0.1, 0.15) is 27.5 Å². The van der Waals surface area contributed by atoms with E-state index in [1.165, 1.54) is 0 Å². The molecule has 0 aliphatic carbocycles. The molecule has 0 saturated carbocycles. The first-order valence-electron chi connectivity index (χ1n) is 14.0. The second-order valence-corrected chi connectivity index (χ2v) is 11.7. The lowest BCUT2D eigenvalue weighted by molar-refractivity contribution is 0.0267. The Morgan fingerprint density at radius 2 is 1.40 bits per heavy atom. The Labute approximate surface area is 264 Å². The second-order valence-electron chi connectivity index (χ2n) is 10.3. The van der Waals surface area contributed by atoms with Crippen molar-refractivity contribution >= 4 is 60.5 Å². The molecule has 6 aromatic rings. The number of fused-ring (bicyclic) bond motifs is 2. The van der Waals surface area contributed by atoms with Gasteiger partial charge in [-0.3, -0.25) is 4.79 Å².